The van der Waals surface area contributed by atoms with E-state index in [1.165, 1.54) is 0 Å². The highest BCUT2D eigenvalue weighted by molar-refractivity contribution is 6.52. The highest BCUT2D eigenvalue weighted by Crippen LogP contribution is 2.53. The van der Waals surface area contributed by atoms with Gasteiger partial charge < -0.3 is 10.4 Å². The molecule has 70 valence electrons. The van der Waals surface area contributed by atoms with Crippen LogP contribution in [-0.2, 0) is 4.79 Å². The van der Waals surface area contributed by atoms with Crippen molar-refractivity contribution in [2.24, 2.45) is 5.92 Å². The number of alkyl halides is 2. The molecular weight excluding hydrogens is 201 g/mol. The number of hydrogen-bond acceptors (Lipinski definition) is 2. The molecule has 0 aliphatic heterocycles. The second kappa shape index (κ2) is 3.40. The first-order valence-corrected chi connectivity index (χ1v) is 4.52. The normalized spacial score (nSPS) is 27.8. The number of aliphatic hydroxyl groups excluding tert-OH is 1. The van der Waals surface area contributed by atoms with E-state index in [0.29, 0.717) is 6.42 Å². The number of halogens is 2. The lowest BCUT2D eigenvalue weighted by Gasteiger charge is -2.10. The van der Waals surface area contributed by atoms with Gasteiger partial charge >= 0.3 is 0 Å². The molecule has 1 aliphatic carbocycles. The van der Waals surface area contributed by atoms with Crippen LogP contribution >= 0.6 is 23.2 Å². The third-order valence-electron chi connectivity index (χ3n) is 1.80. The van der Waals surface area contributed by atoms with E-state index in [0.717, 1.165) is 0 Å². The van der Waals surface area contributed by atoms with Gasteiger partial charge in [0.15, 0.2) is 0 Å². The van der Waals surface area contributed by atoms with E-state index < -0.39 is 4.33 Å². The minimum Gasteiger partial charge on any atom is -0.394 e. The van der Waals surface area contributed by atoms with Crippen LogP contribution in [0.15, 0.2) is 0 Å². The maximum atomic E-state index is 11.2. The summed E-state index contributed by atoms with van der Waals surface area (Å²) in [7, 11) is 0. The van der Waals surface area contributed by atoms with Gasteiger partial charge in [0.1, 0.15) is 4.33 Å². The van der Waals surface area contributed by atoms with E-state index >= 15 is 0 Å². The van der Waals surface area contributed by atoms with Gasteiger partial charge in [0.25, 0.3) is 0 Å². The number of aliphatic hydroxyl groups is 1. The van der Waals surface area contributed by atoms with Gasteiger partial charge in [-0.1, -0.05) is 0 Å². The molecule has 1 amide bonds. The van der Waals surface area contributed by atoms with Crippen molar-refractivity contribution in [3.63, 3.8) is 0 Å². The fraction of sp³-hybridized carbons (Fsp3) is 0.857. The Morgan fingerprint density at radius 2 is 2.33 bits per heavy atom. The third-order valence-corrected chi connectivity index (χ3v) is 2.64. The van der Waals surface area contributed by atoms with Gasteiger partial charge in [-0.3, -0.25) is 4.79 Å². The summed E-state index contributed by atoms with van der Waals surface area (Å²) in [6, 6.07) is -0.234. The highest BCUT2D eigenvalue weighted by atomic mass is 35.5. The topological polar surface area (TPSA) is 49.3 Å². The lowest BCUT2D eigenvalue weighted by molar-refractivity contribution is -0.123. The van der Waals surface area contributed by atoms with Crippen LogP contribution in [0.4, 0.5) is 0 Å². The minimum absolute atomic E-state index is 0.0734. The molecule has 0 bridgehead atoms. The maximum Gasteiger partial charge on any atom is 0.226 e. The van der Waals surface area contributed by atoms with Crippen LogP contribution in [0.3, 0.4) is 0 Å². The third kappa shape index (κ3) is 2.25. The van der Waals surface area contributed by atoms with Crippen molar-refractivity contribution >= 4 is 29.1 Å². The second-order valence-electron chi connectivity index (χ2n) is 3.11. The summed E-state index contributed by atoms with van der Waals surface area (Å²) in [5, 5.41) is 11.2. The first-order valence-electron chi connectivity index (χ1n) is 3.76. The second-order valence-corrected chi connectivity index (χ2v) is 4.65. The Kier molecular flexibility index (Phi) is 2.86. The predicted molar refractivity (Wildman–Crippen MR) is 47.2 cm³/mol. The van der Waals surface area contributed by atoms with Crippen LogP contribution in [0.1, 0.15) is 13.3 Å². The Balaban J connectivity index is 2.32. The zero-order valence-corrected chi connectivity index (χ0v) is 8.19. The molecule has 0 heterocycles. The Morgan fingerprint density at radius 1 is 1.83 bits per heavy atom. The Bertz CT molecular complexity index is 196. The van der Waals surface area contributed by atoms with Crippen molar-refractivity contribution < 1.29 is 9.90 Å². The molecule has 0 radical (unpaired) electrons. The van der Waals surface area contributed by atoms with E-state index in [1.54, 1.807) is 6.92 Å². The number of carbonyl (C=O) groups excluding carboxylic acids is 1. The fourth-order valence-corrected chi connectivity index (χ4v) is 1.39. The molecule has 1 aliphatic rings. The number of rotatable bonds is 3. The van der Waals surface area contributed by atoms with Gasteiger partial charge in [-0.15, -0.1) is 23.2 Å². The van der Waals surface area contributed by atoms with Crippen molar-refractivity contribution in [1.82, 2.24) is 5.32 Å². The standard InChI is InChI=1S/C7H11Cl2NO2/c1-4(3-11)10-6(12)5-2-7(5,8)9/h4-5,11H,2-3H2,1H3,(H,10,12). The summed E-state index contributed by atoms with van der Waals surface area (Å²) in [6.45, 7) is 1.64. The summed E-state index contributed by atoms with van der Waals surface area (Å²) in [4.78, 5) is 11.2. The molecule has 12 heavy (non-hydrogen) atoms. The van der Waals surface area contributed by atoms with E-state index in [4.69, 9.17) is 28.3 Å². The van der Waals surface area contributed by atoms with Crippen LogP contribution in [0.2, 0.25) is 0 Å². The molecule has 0 aromatic heterocycles. The van der Waals surface area contributed by atoms with Crippen molar-refractivity contribution in [3.05, 3.63) is 0 Å². The lowest BCUT2D eigenvalue weighted by Crippen LogP contribution is -2.36. The summed E-state index contributed by atoms with van der Waals surface area (Å²) < 4.78 is -0.876. The van der Waals surface area contributed by atoms with Crippen LogP contribution in [-0.4, -0.2) is 28.0 Å². The largest absolute Gasteiger partial charge is 0.394 e. The molecule has 1 saturated carbocycles. The Labute approximate surface area is 81.0 Å². The fourth-order valence-electron chi connectivity index (χ4n) is 0.887. The van der Waals surface area contributed by atoms with Crippen LogP contribution in [0.5, 0.6) is 0 Å². The van der Waals surface area contributed by atoms with Gasteiger partial charge in [0.2, 0.25) is 5.91 Å². The van der Waals surface area contributed by atoms with E-state index in [9.17, 15) is 4.79 Å². The van der Waals surface area contributed by atoms with E-state index in [-0.39, 0.29) is 24.5 Å². The molecule has 1 fully saturated rings. The van der Waals surface area contributed by atoms with E-state index in [1.807, 2.05) is 0 Å². The van der Waals surface area contributed by atoms with Crippen molar-refractivity contribution in [3.8, 4) is 0 Å². The maximum absolute atomic E-state index is 11.2. The summed E-state index contributed by atoms with van der Waals surface area (Å²) in [6.07, 6.45) is 0.500. The zero-order valence-electron chi connectivity index (χ0n) is 6.68. The molecule has 2 unspecified atom stereocenters. The van der Waals surface area contributed by atoms with Crippen LogP contribution in [0, 0.1) is 5.92 Å². The number of hydrogen-bond donors (Lipinski definition) is 2. The first-order chi connectivity index (χ1) is 5.47. The molecule has 2 N–H and O–H groups in total. The van der Waals surface area contributed by atoms with Crippen molar-refractivity contribution in [2.45, 2.75) is 23.7 Å². The number of amides is 1. The molecular formula is C7H11Cl2NO2. The van der Waals surface area contributed by atoms with Gasteiger partial charge in [0.05, 0.1) is 12.5 Å². The Morgan fingerprint density at radius 3 is 2.67 bits per heavy atom. The summed E-state index contributed by atoms with van der Waals surface area (Å²) in [5.41, 5.74) is 0. The van der Waals surface area contributed by atoms with Gasteiger partial charge in [-0.25, -0.2) is 0 Å². The molecule has 2 atom stereocenters. The molecule has 0 aromatic rings. The smallest absolute Gasteiger partial charge is 0.226 e. The SMILES string of the molecule is CC(CO)NC(=O)C1CC1(Cl)Cl. The molecule has 0 aromatic carbocycles. The van der Waals surface area contributed by atoms with Crippen LogP contribution in [0.25, 0.3) is 0 Å². The predicted octanol–water partition coefficient (Wildman–Crippen LogP) is 0.677. The van der Waals surface area contributed by atoms with Gasteiger partial charge in [-0.05, 0) is 13.3 Å². The van der Waals surface area contributed by atoms with Crippen molar-refractivity contribution in [2.75, 3.05) is 6.61 Å². The number of nitrogens with one attached hydrogen (secondary N) is 1. The molecule has 1 rings (SSSR count). The lowest BCUT2D eigenvalue weighted by atomic mass is 10.3. The van der Waals surface area contributed by atoms with Crippen LogP contribution < -0.4 is 5.32 Å². The molecule has 0 saturated heterocycles. The zero-order chi connectivity index (χ0) is 9.35. The quantitative estimate of drug-likeness (QED) is 0.675. The molecule has 3 nitrogen and oxygen atoms in total. The van der Waals surface area contributed by atoms with E-state index in [2.05, 4.69) is 5.32 Å². The highest BCUT2D eigenvalue weighted by Gasteiger charge is 2.56. The molecule has 5 heteroatoms. The van der Waals surface area contributed by atoms with Gasteiger partial charge in [0, 0.05) is 6.04 Å². The number of carbonyl (C=O) groups is 1. The monoisotopic (exact) mass is 211 g/mol. The first kappa shape index (κ1) is 10.1. The van der Waals surface area contributed by atoms with Crippen molar-refractivity contribution in [1.29, 1.82) is 0 Å². The minimum atomic E-state index is -0.876. The van der Waals surface area contributed by atoms with Gasteiger partial charge in [-0.2, -0.15) is 0 Å². The summed E-state index contributed by atoms with van der Waals surface area (Å²) >= 11 is 11.3. The molecule has 0 spiro atoms. The average Bonchev–Trinajstić information content (AvgIpc) is 2.59. The Hall–Kier alpha value is 0.01000. The average molecular weight is 212 g/mol. The summed E-state index contributed by atoms with van der Waals surface area (Å²) in [5.74, 6) is -0.489.